The standard InChI is InChI=1S/Ce.La.Nd.4H3O4P.Y/c;;;4*1-5(2,3)4;/h;;;4*(H3,1,2,3,4);/q3*+3;;;;;+3/p-12. The summed E-state index contributed by atoms with van der Waals surface area (Å²) in [5.41, 5.74) is 0. The van der Waals surface area contributed by atoms with E-state index in [9.17, 15) is 0 Å². The van der Waals surface area contributed by atoms with Gasteiger partial charge >= 0.3 is 151 Å². The molecule has 0 spiro atoms. The van der Waals surface area contributed by atoms with Crippen LogP contribution < -0.4 is 58.7 Å². The fraction of sp³-hybridized carbons (Fsp3) is 0. The number of hydrogen-bond donors (Lipinski definition) is 0. The Bertz CT molecular complexity index is 303. The van der Waals surface area contributed by atoms with Crippen LogP contribution in [-0.2, 0) is 51.0 Å². The third kappa shape index (κ3) is 644. The topological polar surface area (TPSA) is 345 Å². The fourth-order valence-electron chi connectivity index (χ4n) is 0. The molecule has 0 aromatic heterocycles. The summed E-state index contributed by atoms with van der Waals surface area (Å²) in [4.78, 5) is 103. The molecule has 0 aliphatic rings. The zero-order valence-electron chi connectivity index (χ0n) is 10.5. The van der Waals surface area contributed by atoms with Gasteiger partial charge in [0.1, 0.15) is 0 Å². The van der Waals surface area contributed by atoms with Gasteiger partial charge in [0.2, 0.25) is 0 Å². The zero-order valence-corrected chi connectivity index (χ0v) is 26.9. The molecule has 0 rings (SSSR count). The van der Waals surface area contributed by atoms with Crippen LogP contribution in [0.5, 0.6) is 0 Å². The van der Waals surface area contributed by atoms with Gasteiger partial charge in [-0.2, -0.15) is 31.3 Å². The van der Waals surface area contributed by atoms with Gasteiger partial charge in [0.05, 0.1) is 0 Å². The summed E-state index contributed by atoms with van der Waals surface area (Å²) in [5, 5.41) is 0. The number of rotatable bonds is 0. The van der Waals surface area contributed by atoms with Crippen LogP contribution in [-0.4, -0.2) is 0 Å². The molecule has 130 valence electrons. The van der Waals surface area contributed by atoms with Gasteiger partial charge in [-0.15, -0.1) is 0 Å². The Balaban J connectivity index is -0.0000000225. The summed E-state index contributed by atoms with van der Waals surface area (Å²) in [7, 11) is -21.6. The summed E-state index contributed by atoms with van der Waals surface area (Å²) in [6.07, 6.45) is 0. The molecule has 0 heterocycles. The van der Waals surface area contributed by atoms with E-state index < -0.39 is 31.3 Å². The zero-order chi connectivity index (χ0) is 18.0. The molecule has 0 atom stereocenters. The van der Waals surface area contributed by atoms with Crippen molar-refractivity contribution in [2.45, 2.75) is 0 Å². The minimum atomic E-state index is -5.39. The van der Waals surface area contributed by atoms with E-state index in [0.717, 1.165) is 0 Å². The van der Waals surface area contributed by atoms with E-state index in [1.165, 1.54) is 0 Å². The van der Waals surface area contributed by atoms with Crippen molar-refractivity contribution in [1.82, 2.24) is 0 Å². The molecule has 0 saturated carbocycles. The fourth-order valence-corrected chi connectivity index (χ4v) is 0. The average molecular weight is 892 g/mol. The van der Waals surface area contributed by atoms with Gasteiger partial charge in [-0.25, -0.2) is 0 Å². The molecule has 0 fully saturated rings. The van der Waals surface area contributed by atoms with Crippen LogP contribution in [0.25, 0.3) is 0 Å². The molecule has 0 unspecified atom stereocenters. The van der Waals surface area contributed by atoms with Crippen LogP contribution in [0.1, 0.15) is 0 Å². The molecule has 0 amide bonds. The molecular weight excluding hydrogens is 892 g/mol. The third-order valence-corrected chi connectivity index (χ3v) is 0. The van der Waals surface area contributed by atoms with Crippen molar-refractivity contribution < 1.29 is 228 Å². The van der Waals surface area contributed by atoms with Gasteiger partial charge in [-0.05, 0) is 0 Å². The molecule has 16 nitrogen and oxygen atoms in total. The van der Waals surface area contributed by atoms with Crippen molar-refractivity contribution >= 4 is 31.3 Å². The quantitative estimate of drug-likeness (QED) is 0.204. The smallest absolute Gasteiger partial charge is 0.822 e. The van der Waals surface area contributed by atoms with Crippen molar-refractivity contribution in [3.8, 4) is 0 Å². The van der Waals surface area contributed by atoms with E-state index in [2.05, 4.69) is 0 Å². The van der Waals surface area contributed by atoms with E-state index >= 15 is 0 Å². The van der Waals surface area contributed by atoms with Gasteiger partial charge in [0.25, 0.3) is 0 Å². The predicted octanol–water partition coefficient (Wildman–Crippen LogP) is -11.3. The van der Waals surface area contributed by atoms with E-state index in [4.69, 9.17) is 77.0 Å². The molecule has 0 bridgehead atoms. The second-order valence-electron chi connectivity index (χ2n) is 1.79. The van der Waals surface area contributed by atoms with Gasteiger partial charge in [-0.1, -0.05) is 0 Å². The first-order chi connectivity index (χ1) is 8.00. The number of hydrogen-bond acceptors (Lipinski definition) is 16. The molecular formula is CeLaNdO16P4Y. The van der Waals surface area contributed by atoms with Crippen molar-refractivity contribution in [3.05, 3.63) is 0 Å². The normalized spacial score (nSPS) is 9.83. The maximum atomic E-state index is 8.55. The summed E-state index contributed by atoms with van der Waals surface area (Å²) in [6, 6.07) is 0. The Kier molecular flexibility index (Phi) is 53.4. The maximum absolute atomic E-state index is 8.55. The van der Waals surface area contributed by atoms with E-state index in [-0.39, 0.29) is 151 Å². The largest absolute Gasteiger partial charge is 3.00 e. The van der Waals surface area contributed by atoms with E-state index in [1.54, 1.807) is 0 Å². The summed E-state index contributed by atoms with van der Waals surface area (Å²) in [6.45, 7) is 0. The second-order valence-corrected chi connectivity index (χ2v) is 5.37. The van der Waals surface area contributed by atoms with Crippen LogP contribution in [0, 0.1) is 118 Å². The molecule has 0 N–H and O–H groups in total. The first-order valence-corrected chi connectivity index (χ1v) is 8.76. The van der Waals surface area contributed by atoms with Crippen LogP contribution in [0.15, 0.2) is 0 Å². The summed E-state index contributed by atoms with van der Waals surface area (Å²) < 4.78 is 34.2. The van der Waals surface area contributed by atoms with Crippen LogP contribution in [0.3, 0.4) is 0 Å². The molecule has 24 heavy (non-hydrogen) atoms. The average Bonchev–Trinajstić information content (AvgIpc) is 1.62. The van der Waals surface area contributed by atoms with Crippen molar-refractivity contribution in [1.29, 1.82) is 0 Å². The Labute approximate surface area is 254 Å². The van der Waals surface area contributed by atoms with Crippen molar-refractivity contribution in [2.24, 2.45) is 0 Å². The molecule has 0 aliphatic heterocycles. The van der Waals surface area contributed by atoms with Gasteiger partial charge in [0.15, 0.2) is 0 Å². The predicted molar refractivity (Wildman–Crippen MR) is 30.4 cm³/mol. The molecule has 0 aliphatic carbocycles. The molecule has 0 aromatic rings. The van der Waals surface area contributed by atoms with Gasteiger partial charge < -0.3 is 77.0 Å². The Morgan fingerprint density at radius 2 is 0.417 bits per heavy atom. The van der Waals surface area contributed by atoms with E-state index in [0.29, 0.717) is 0 Å². The van der Waals surface area contributed by atoms with E-state index in [1.807, 2.05) is 0 Å². The van der Waals surface area contributed by atoms with Crippen LogP contribution in [0.2, 0.25) is 0 Å². The van der Waals surface area contributed by atoms with Gasteiger partial charge in [0, 0.05) is 0 Å². The second kappa shape index (κ2) is 24.7. The Hall–Kier alpha value is 5.47. The third-order valence-electron chi connectivity index (χ3n) is 0. The maximum Gasteiger partial charge on any atom is 3.00 e. The Morgan fingerprint density at radius 3 is 0.417 bits per heavy atom. The molecule has 0 saturated heterocycles. The van der Waals surface area contributed by atoms with Crippen LogP contribution in [0.4, 0.5) is 0 Å². The SMILES string of the molecule is O=P([O-])([O-])[O-].O=P([O-])([O-])[O-].O=P([O-])([O-])[O-].O=P([O-])([O-])[O-].[Ce+3].[La+3].[Nd+3].[Y+3]. The Morgan fingerprint density at radius 1 is 0.417 bits per heavy atom. The first-order valence-electron chi connectivity index (χ1n) is 2.92. The minimum absolute atomic E-state index is 0. The number of phosphoric acid groups is 4. The summed E-state index contributed by atoms with van der Waals surface area (Å²) in [5.74, 6) is 0. The van der Waals surface area contributed by atoms with Crippen molar-refractivity contribution in [3.63, 3.8) is 0 Å². The molecule has 2 radical (unpaired) electrons. The minimum Gasteiger partial charge on any atom is -0.822 e. The van der Waals surface area contributed by atoms with Gasteiger partial charge in [-0.3, -0.25) is 0 Å². The summed E-state index contributed by atoms with van der Waals surface area (Å²) >= 11 is 0. The molecule has 24 heteroatoms. The van der Waals surface area contributed by atoms with Crippen molar-refractivity contribution in [2.75, 3.05) is 0 Å². The monoisotopic (exact) mass is 889 g/mol. The van der Waals surface area contributed by atoms with Crippen LogP contribution >= 0.6 is 31.3 Å². The first kappa shape index (κ1) is 51.8. The molecule has 0 aromatic carbocycles.